The van der Waals surface area contributed by atoms with Gasteiger partial charge >= 0.3 is 11.9 Å². The van der Waals surface area contributed by atoms with Crippen LogP contribution in [0.1, 0.15) is 144 Å². The van der Waals surface area contributed by atoms with E-state index in [-0.39, 0.29) is 23.8 Å². The van der Waals surface area contributed by atoms with Gasteiger partial charge in [0.15, 0.2) is 0 Å². The fourth-order valence-corrected chi connectivity index (χ4v) is 4.72. The Morgan fingerprint density at radius 3 is 1.15 bits per heavy atom. The summed E-state index contributed by atoms with van der Waals surface area (Å²) in [5.41, 5.74) is 0.855. The molecule has 0 spiro atoms. The second-order valence-corrected chi connectivity index (χ2v) is 13.0. The Balaban J connectivity index is 2.01. The maximum atomic E-state index is 12.4. The molecular formula is C30H56O4. The zero-order valence-electron chi connectivity index (χ0n) is 23.5. The first kappa shape index (κ1) is 31.0. The number of rotatable bonds is 16. The smallest absolute Gasteiger partial charge is 0.308 e. The summed E-state index contributed by atoms with van der Waals surface area (Å²) < 4.78 is 11.0. The third kappa shape index (κ3) is 16.5. The number of hydrogen-bond donors (Lipinski definition) is 0. The number of esters is 2. The Bertz CT molecular complexity index is 497. The third-order valence-corrected chi connectivity index (χ3v) is 7.02. The van der Waals surface area contributed by atoms with Crippen molar-refractivity contribution >= 4 is 11.9 Å². The number of ether oxygens (including phenoxy) is 2. The Morgan fingerprint density at radius 1 is 0.529 bits per heavy atom. The van der Waals surface area contributed by atoms with E-state index >= 15 is 0 Å². The van der Waals surface area contributed by atoms with Gasteiger partial charge in [-0.1, -0.05) is 92.9 Å². The Morgan fingerprint density at radius 2 is 0.824 bits per heavy atom. The highest BCUT2D eigenvalue weighted by atomic mass is 16.5. The fourth-order valence-electron chi connectivity index (χ4n) is 4.72. The second kappa shape index (κ2) is 16.6. The van der Waals surface area contributed by atoms with Crippen LogP contribution in [-0.2, 0) is 19.1 Å². The first-order valence-corrected chi connectivity index (χ1v) is 14.3. The molecule has 34 heavy (non-hydrogen) atoms. The van der Waals surface area contributed by atoms with Crippen molar-refractivity contribution in [3.63, 3.8) is 0 Å². The molecule has 0 atom stereocenters. The summed E-state index contributed by atoms with van der Waals surface area (Å²) >= 11 is 0. The van der Waals surface area contributed by atoms with E-state index in [4.69, 9.17) is 9.47 Å². The molecule has 0 heterocycles. The van der Waals surface area contributed by atoms with Gasteiger partial charge < -0.3 is 9.47 Å². The topological polar surface area (TPSA) is 52.6 Å². The summed E-state index contributed by atoms with van der Waals surface area (Å²) in [5.74, 6) is -0.204. The normalized spacial score (nSPS) is 19.1. The van der Waals surface area contributed by atoms with Crippen molar-refractivity contribution in [1.82, 2.24) is 0 Å². The lowest BCUT2D eigenvalue weighted by atomic mass is 9.82. The van der Waals surface area contributed by atoms with Crippen LogP contribution >= 0.6 is 0 Å². The molecule has 0 saturated heterocycles. The van der Waals surface area contributed by atoms with Crippen LogP contribution in [-0.4, -0.2) is 25.2 Å². The predicted octanol–water partition coefficient (Wildman–Crippen LogP) is 8.65. The van der Waals surface area contributed by atoms with Gasteiger partial charge in [0.1, 0.15) is 0 Å². The average molecular weight is 481 g/mol. The van der Waals surface area contributed by atoms with Crippen LogP contribution in [0.2, 0.25) is 0 Å². The minimum Gasteiger partial charge on any atom is -0.465 e. The van der Waals surface area contributed by atoms with Crippen LogP contribution in [0.4, 0.5) is 0 Å². The van der Waals surface area contributed by atoms with Crippen LogP contribution in [0.5, 0.6) is 0 Å². The first-order valence-electron chi connectivity index (χ1n) is 14.3. The first-order chi connectivity index (χ1) is 16.0. The summed E-state index contributed by atoms with van der Waals surface area (Å²) in [5, 5.41) is 0. The van der Waals surface area contributed by atoms with E-state index in [9.17, 15) is 9.59 Å². The lowest BCUT2D eigenvalue weighted by Crippen LogP contribution is -2.28. The summed E-state index contributed by atoms with van der Waals surface area (Å²) in [7, 11) is 0. The quantitative estimate of drug-likeness (QED) is 0.164. The third-order valence-electron chi connectivity index (χ3n) is 7.02. The van der Waals surface area contributed by atoms with Gasteiger partial charge in [0, 0.05) is 0 Å². The molecule has 0 aromatic heterocycles. The van der Waals surface area contributed by atoms with Crippen molar-refractivity contribution in [3.8, 4) is 0 Å². The van der Waals surface area contributed by atoms with Crippen LogP contribution in [0.3, 0.4) is 0 Å². The van der Waals surface area contributed by atoms with Gasteiger partial charge in [-0.3, -0.25) is 9.59 Å². The van der Waals surface area contributed by atoms with Crippen LogP contribution in [0.15, 0.2) is 0 Å². The largest absolute Gasteiger partial charge is 0.465 e. The highest BCUT2D eigenvalue weighted by Crippen LogP contribution is 2.30. The van der Waals surface area contributed by atoms with Crippen molar-refractivity contribution in [2.45, 2.75) is 144 Å². The highest BCUT2D eigenvalue weighted by molar-refractivity contribution is 5.75. The van der Waals surface area contributed by atoms with Crippen LogP contribution in [0, 0.1) is 22.7 Å². The molecule has 0 aromatic rings. The molecule has 0 amide bonds. The number of unbranched alkanes of at least 4 members (excludes halogenated alkanes) is 8. The molecule has 4 heteroatoms. The SMILES string of the molecule is CC(C)(C)CCCCCCCOC(=O)C1CCC(C(=O)OCCCCCCCC(C)(C)C)CC1. The maximum Gasteiger partial charge on any atom is 0.308 e. The summed E-state index contributed by atoms with van der Waals surface area (Å²) in [6.45, 7) is 14.8. The molecule has 4 nitrogen and oxygen atoms in total. The zero-order valence-corrected chi connectivity index (χ0v) is 23.5. The molecule has 1 aliphatic carbocycles. The molecular weight excluding hydrogens is 424 g/mol. The van der Waals surface area contributed by atoms with E-state index in [1.165, 1.54) is 51.4 Å². The lowest BCUT2D eigenvalue weighted by molar-refractivity contribution is -0.155. The molecule has 0 radical (unpaired) electrons. The summed E-state index contributed by atoms with van der Waals surface area (Å²) in [4.78, 5) is 24.7. The van der Waals surface area contributed by atoms with Crippen molar-refractivity contribution in [3.05, 3.63) is 0 Å². The predicted molar refractivity (Wildman–Crippen MR) is 142 cm³/mol. The number of hydrogen-bond acceptors (Lipinski definition) is 4. The van der Waals surface area contributed by atoms with E-state index in [0.29, 0.717) is 24.0 Å². The zero-order chi connectivity index (χ0) is 25.5. The van der Waals surface area contributed by atoms with E-state index < -0.39 is 0 Å². The molecule has 1 rings (SSSR count). The van der Waals surface area contributed by atoms with Crippen LogP contribution in [0.25, 0.3) is 0 Å². The molecule has 0 unspecified atom stereocenters. The summed E-state index contributed by atoms with van der Waals surface area (Å²) in [6, 6.07) is 0. The van der Waals surface area contributed by atoms with E-state index in [1.54, 1.807) is 0 Å². The van der Waals surface area contributed by atoms with Crippen molar-refractivity contribution < 1.29 is 19.1 Å². The standard InChI is InChI=1S/C30H56O4/c1-29(2,3)21-13-9-7-11-15-23-33-27(31)25-17-19-26(20-18-25)28(32)34-24-16-12-8-10-14-22-30(4,5)6/h25-26H,7-24H2,1-6H3. The van der Waals surface area contributed by atoms with Gasteiger partial charge in [-0.05, 0) is 62.2 Å². The minimum atomic E-state index is -0.0639. The lowest BCUT2D eigenvalue weighted by Gasteiger charge is -2.26. The number of carbonyl (C=O) groups is 2. The van der Waals surface area contributed by atoms with E-state index in [1.807, 2.05) is 0 Å². The molecule has 1 fully saturated rings. The van der Waals surface area contributed by atoms with Crippen LogP contribution < -0.4 is 0 Å². The second-order valence-electron chi connectivity index (χ2n) is 13.0. The summed E-state index contributed by atoms with van der Waals surface area (Å²) in [6.07, 6.45) is 17.3. The van der Waals surface area contributed by atoms with Crippen molar-refractivity contribution in [2.24, 2.45) is 22.7 Å². The van der Waals surface area contributed by atoms with E-state index in [2.05, 4.69) is 41.5 Å². The van der Waals surface area contributed by atoms with Crippen molar-refractivity contribution in [2.75, 3.05) is 13.2 Å². The average Bonchev–Trinajstić information content (AvgIpc) is 2.75. The fraction of sp³-hybridized carbons (Fsp3) is 0.933. The van der Waals surface area contributed by atoms with Gasteiger partial charge in [0.2, 0.25) is 0 Å². The van der Waals surface area contributed by atoms with Crippen molar-refractivity contribution in [1.29, 1.82) is 0 Å². The maximum absolute atomic E-state index is 12.4. The van der Waals surface area contributed by atoms with Gasteiger partial charge in [-0.15, -0.1) is 0 Å². The monoisotopic (exact) mass is 480 g/mol. The Labute approximate surface area is 211 Å². The van der Waals surface area contributed by atoms with E-state index in [0.717, 1.165) is 51.4 Å². The molecule has 0 aromatic carbocycles. The molecule has 1 aliphatic rings. The Kier molecular flexibility index (Phi) is 15.1. The Hall–Kier alpha value is -1.06. The molecule has 1 saturated carbocycles. The minimum absolute atomic E-state index is 0.0380. The highest BCUT2D eigenvalue weighted by Gasteiger charge is 2.31. The van der Waals surface area contributed by atoms with Gasteiger partial charge in [0.25, 0.3) is 0 Å². The molecule has 200 valence electrons. The van der Waals surface area contributed by atoms with Gasteiger partial charge in [-0.25, -0.2) is 0 Å². The van der Waals surface area contributed by atoms with Gasteiger partial charge in [-0.2, -0.15) is 0 Å². The molecule has 0 bridgehead atoms. The molecule has 0 N–H and O–H groups in total. The van der Waals surface area contributed by atoms with Gasteiger partial charge in [0.05, 0.1) is 25.0 Å². The number of carbonyl (C=O) groups excluding carboxylic acids is 2. The molecule has 0 aliphatic heterocycles.